The van der Waals surface area contributed by atoms with Crippen LogP contribution in [-0.4, -0.2) is 36.0 Å². The molecule has 0 aromatic heterocycles. The van der Waals surface area contributed by atoms with Gasteiger partial charge in [0.15, 0.2) is 0 Å². The lowest BCUT2D eigenvalue weighted by Gasteiger charge is -2.21. The predicted molar refractivity (Wildman–Crippen MR) is 71.8 cm³/mol. The van der Waals surface area contributed by atoms with Crippen molar-refractivity contribution in [1.29, 1.82) is 0 Å². The molecule has 6 heteroatoms. The standard InChI is InChI=1S/C15H17F2NO3/c1-3-21-14(19)8-18(10-4-5-10)15(20)11-6-9(2)12(16)7-13(11)17/h6-7,10H,3-5,8H2,1-2H3. The summed E-state index contributed by atoms with van der Waals surface area (Å²) in [4.78, 5) is 25.3. The highest BCUT2D eigenvalue weighted by molar-refractivity contribution is 5.96. The minimum absolute atomic E-state index is 0.0772. The first-order valence-electron chi connectivity index (χ1n) is 6.86. The van der Waals surface area contributed by atoms with Gasteiger partial charge in [0.2, 0.25) is 0 Å². The molecular weight excluding hydrogens is 280 g/mol. The summed E-state index contributed by atoms with van der Waals surface area (Å²) in [6.07, 6.45) is 1.54. The fraction of sp³-hybridized carbons (Fsp3) is 0.467. The van der Waals surface area contributed by atoms with E-state index in [2.05, 4.69) is 0 Å². The Bertz CT molecular complexity index is 570. The number of benzene rings is 1. The average molecular weight is 297 g/mol. The summed E-state index contributed by atoms with van der Waals surface area (Å²) in [7, 11) is 0. The Morgan fingerprint density at radius 1 is 1.29 bits per heavy atom. The SMILES string of the molecule is CCOC(=O)CN(C(=O)c1cc(C)c(F)cc1F)C1CC1. The van der Waals surface area contributed by atoms with Crippen molar-refractivity contribution >= 4 is 11.9 Å². The number of hydrogen-bond acceptors (Lipinski definition) is 3. The van der Waals surface area contributed by atoms with E-state index in [0.717, 1.165) is 12.8 Å². The molecule has 114 valence electrons. The Kier molecular flexibility index (Phi) is 4.55. The zero-order valence-electron chi connectivity index (χ0n) is 12.0. The summed E-state index contributed by atoms with van der Waals surface area (Å²) in [5, 5.41) is 0. The maximum absolute atomic E-state index is 13.8. The molecule has 0 aliphatic heterocycles. The quantitative estimate of drug-likeness (QED) is 0.784. The highest BCUT2D eigenvalue weighted by Gasteiger charge is 2.35. The second kappa shape index (κ2) is 6.20. The molecule has 1 saturated carbocycles. The molecule has 1 aliphatic rings. The van der Waals surface area contributed by atoms with Crippen molar-refractivity contribution in [1.82, 2.24) is 4.90 Å². The van der Waals surface area contributed by atoms with Crippen LogP contribution in [0.3, 0.4) is 0 Å². The molecule has 1 fully saturated rings. The predicted octanol–water partition coefficient (Wildman–Crippen LogP) is 2.44. The molecule has 0 radical (unpaired) electrons. The van der Waals surface area contributed by atoms with Crippen LogP contribution in [0.1, 0.15) is 35.7 Å². The second-order valence-corrected chi connectivity index (χ2v) is 5.05. The maximum atomic E-state index is 13.8. The maximum Gasteiger partial charge on any atom is 0.325 e. The van der Waals surface area contributed by atoms with Crippen LogP contribution in [0.25, 0.3) is 0 Å². The number of amides is 1. The van der Waals surface area contributed by atoms with Crippen molar-refractivity contribution in [2.75, 3.05) is 13.2 Å². The summed E-state index contributed by atoms with van der Waals surface area (Å²) in [5.41, 5.74) is -0.0308. The smallest absolute Gasteiger partial charge is 0.325 e. The second-order valence-electron chi connectivity index (χ2n) is 5.05. The van der Waals surface area contributed by atoms with Gasteiger partial charge < -0.3 is 9.64 Å². The first kappa shape index (κ1) is 15.4. The Morgan fingerprint density at radius 3 is 2.52 bits per heavy atom. The molecule has 0 unspecified atom stereocenters. The number of ether oxygens (including phenoxy) is 1. The van der Waals surface area contributed by atoms with Gasteiger partial charge in [0.25, 0.3) is 5.91 Å². The lowest BCUT2D eigenvalue weighted by Crippen LogP contribution is -2.38. The summed E-state index contributed by atoms with van der Waals surface area (Å²) in [6.45, 7) is 3.13. The van der Waals surface area contributed by atoms with Crippen molar-refractivity contribution in [3.8, 4) is 0 Å². The van der Waals surface area contributed by atoms with Crippen molar-refractivity contribution in [3.63, 3.8) is 0 Å². The summed E-state index contributed by atoms with van der Waals surface area (Å²) >= 11 is 0. The number of carbonyl (C=O) groups is 2. The van der Waals surface area contributed by atoms with E-state index >= 15 is 0 Å². The van der Waals surface area contributed by atoms with Crippen LogP contribution in [0.5, 0.6) is 0 Å². The first-order valence-corrected chi connectivity index (χ1v) is 6.86. The number of carbonyl (C=O) groups excluding carboxylic acids is 2. The minimum Gasteiger partial charge on any atom is -0.465 e. The van der Waals surface area contributed by atoms with Gasteiger partial charge in [-0.15, -0.1) is 0 Å². The van der Waals surface area contributed by atoms with E-state index in [1.54, 1.807) is 6.92 Å². The molecule has 21 heavy (non-hydrogen) atoms. The van der Waals surface area contributed by atoms with E-state index in [1.807, 2.05) is 0 Å². The average Bonchev–Trinajstić information content (AvgIpc) is 3.24. The molecule has 1 aromatic carbocycles. The number of esters is 1. The van der Waals surface area contributed by atoms with Crippen molar-refractivity contribution < 1.29 is 23.1 Å². The van der Waals surface area contributed by atoms with Gasteiger partial charge >= 0.3 is 5.97 Å². The Labute approximate surface area is 121 Å². The van der Waals surface area contributed by atoms with E-state index in [1.165, 1.54) is 17.9 Å². The van der Waals surface area contributed by atoms with Crippen LogP contribution < -0.4 is 0 Å². The van der Waals surface area contributed by atoms with Crippen molar-refractivity contribution in [2.24, 2.45) is 0 Å². The van der Waals surface area contributed by atoms with E-state index in [-0.39, 0.29) is 30.3 Å². The number of rotatable bonds is 5. The number of aryl methyl sites for hydroxylation is 1. The molecule has 0 saturated heterocycles. The van der Waals surface area contributed by atoms with Gasteiger partial charge in [-0.1, -0.05) is 0 Å². The number of hydrogen-bond donors (Lipinski definition) is 0. The van der Waals surface area contributed by atoms with Gasteiger partial charge in [-0.05, 0) is 38.3 Å². The van der Waals surface area contributed by atoms with Crippen LogP contribution in [-0.2, 0) is 9.53 Å². The van der Waals surface area contributed by atoms with Crippen LogP contribution in [0.4, 0.5) is 8.78 Å². The molecule has 0 N–H and O–H groups in total. The molecule has 2 rings (SSSR count). The molecule has 1 aromatic rings. The first-order chi connectivity index (χ1) is 9.93. The van der Waals surface area contributed by atoms with E-state index < -0.39 is 23.5 Å². The van der Waals surface area contributed by atoms with Crippen molar-refractivity contribution in [3.05, 3.63) is 34.9 Å². The van der Waals surface area contributed by atoms with Crippen molar-refractivity contribution in [2.45, 2.75) is 32.7 Å². The third kappa shape index (κ3) is 3.56. The van der Waals surface area contributed by atoms with Gasteiger partial charge in [0, 0.05) is 12.1 Å². The fourth-order valence-electron chi connectivity index (χ4n) is 2.07. The van der Waals surface area contributed by atoms with Gasteiger partial charge in [-0.25, -0.2) is 8.78 Å². The minimum atomic E-state index is -0.919. The summed E-state index contributed by atoms with van der Waals surface area (Å²) < 4.78 is 31.9. The largest absolute Gasteiger partial charge is 0.465 e. The molecule has 1 aliphatic carbocycles. The molecule has 1 amide bonds. The normalized spacial score (nSPS) is 13.9. The molecule has 0 bridgehead atoms. The molecule has 0 atom stereocenters. The van der Waals surface area contributed by atoms with E-state index in [4.69, 9.17) is 4.74 Å². The topological polar surface area (TPSA) is 46.6 Å². The third-order valence-electron chi connectivity index (χ3n) is 3.33. The molecular formula is C15H17F2NO3. The van der Waals surface area contributed by atoms with E-state index in [9.17, 15) is 18.4 Å². The summed E-state index contributed by atoms with van der Waals surface area (Å²) in [6, 6.07) is 1.79. The number of nitrogens with zero attached hydrogens (tertiary/aromatic N) is 1. The van der Waals surface area contributed by atoms with E-state index in [0.29, 0.717) is 6.07 Å². The third-order valence-corrected chi connectivity index (χ3v) is 3.33. The van der Waals surface area contributed by atoms with Gasteiger partial charge in [0.1, 0.15) is 18.2 Å². The molecule has 0 heterocycles. The van der Waals surface area contributed by atoms with Crippen LogP contribution in [0.15, 0.2) is 12.1 Å². The Balaban J connectivity index is 2.22. The molecule has 0 spiro atoms. The molecule has 4 nitrogen and oxygen atoms in total. The van der Waals surface area contributed by atoms with Crippen LogP contribution in [0.2, 0.25) is 0 Å². The number of halogens is 2. The van der Waals surface area contributed by atoms with Crippen LogP contribution in [0, 0.1) is 18.6 Å². The van der Waals surface area contributed by atoms with Gasteiger partial charge in [-0.2, -0.15) is 0 Å². The highest BCUT2D eigenvalue weighted by Crippen LogP contribution is 2.29. The van der Waals surface area contributed by atoms with Gasteiger partial charge in [0.05, 0.1) is 12.2 Å². The Morgan fingerprint density at radius 2 is 1.95 bits per heavy atom. The lowest BCUT2D eigenvalue weighted by molar-refractivity contribution is -0.144. The van der Waals surface area contributed by atoms with Crippen LogP contribution >= 0.6 is 0 Å². The lowest BCUT2D eigenvalue weighted by atomic mass is 10.1. The fourth-order valence-corrected chi connectivity index (χ4v) is 2.07. The zero-order valence-corrected chi connectivity index (χ0v) is 12.0. The summed E-state index contributed by atoms with van der Waals surface area (Å²) in [5.74, 6) is -2.76. The Hall–Kier alpha value is -1.98. The monoisotopic (exact) mass is 297 g/mol. The zero-order chi connectivity index (χ0) is 15.6. The highest BCUT2D eigenvalue weighted by atomic mass is 19.1. The van der Waals surface area contributed by atoms with Gasteiger partial charge in [-0.3, -0.25) is 9.59 Å².